The molecule has 2 amide bonds. The smallest absolute Gasteiger partial charge is 0.281 e. The van der Waals surface area contributed by atoms with E-state index in [0.29, 0.717) is 12.5 Å². The van der Waals surface area contributed by atoms with Crippen molar-refractivity contribution in [2.75, 3.05) is 24.8 Å². The average Bonchev–Trinajstić information content (AvgIpc) is 2.62. The van der Waals surface area contributed by atoms with Crippen molar-refractivity contribution in [3.63, 3.8) is 0 Å². The van der Waals surface area contributed by atoms with Crippen molar-refractivity contribution >= 4 is 29.1 Å². The highest BCUT2D eigenvalue weighted by Gasteiger charge is 2.28. The molecule has 1 atom stereocenters. The van der Waals surface area contributed by atoms with E-state index in [1.165, 1.54) is 5.56 Å². The van der Waals surface area contributed by atoms with Crippen LogP contribution in [-0.2, 0) is 16.1 Å². The van der Waals surface area contributed by atoms with Crippen LogP contribution < -0.4 is 10.7 Å². The molecular weight excluding hydrogens is 362 g/mol. The number of benzene rings is 2. The molecule has 5 nitrogen and oxygen atoms in total. The van der Waals surface area contributed by atoms with Gasteiger partial charge in [-0.3, -0.25) is 9.59 Å². The van der Waals surface area contributed by atoms with Gasteiger partial charge in [0.2, 0.25) is 0 Å². The highest BCUT2D eigenvalue weighted by molar-refractivity contribution is 6.27. The first-order valence-corrected chi connectivity index (χ1v) is 9.50. The summed E-state index contributed by atoms with van der Waals surface area (Å²) in [6.45, 7) is 4.81. The number of amides is 2. The fourth-order valence-corrected chi connectivity index (χ4v) is 2.98. The van der Waals surface area contributed by atoms with Gasteiger partial charge in [0.1, 0.15) is 12.4 Å². The largest absolute Gasteiger partial charge is 0.321 e. The second-order valence-corrected chi connectivity index (χ2v) is 7.46. The zero-order valence-corrected chi connectivity index (χ0v) is 16.8. The van der Waals surface area contributed by atoms with Crippen molar-refractivity contribution in [1.29, 1.82) is 0 Å². The van der Waals surface area contributed by atoms with E-state index in [1.807, 2.05) is 54.6 Å². The standard InChI is InChI=1S/C21H26ClN3O2/c1-16(2)18-9-11-19(12-10-18)23-21(27)15-25(3,24-20(26)13-22)14-17-7-5-4-6-8-17/h4-12,16H,13-15H2,1-3H3,(H-,23,24,26,27)/p+1. The van der Waals surface area contributed by atoms with E-state index in [0.717, 1.165) is 11.3 Å². The summed E-state index contributed by atoms with van der Waals surface area (Å²) in [6.07, 6.45) is 0. The van der Waals surface area contributed by atoms with Gasteiger partial charge in [-0.1, -0.05) is 56.3 Å². The van der Waals surface area contributed by atoms with Gasteiger partial charge in [-0.25, -0.2) is 10.0 Å². The SMILES string of the molecule is CC(C)c1ccc(NC(=O)C[N+](C)(Cc2ccccc2)NC(=O)CCl)cc1. The Kier molecular flexibility index (Phi) is 7.39. The lowest BCUT2D eigenvalue weighted by molar-refractivity contribution is -0.948. The van der Waals surface area contributed by atoms with Crippen molar-refractivity contribution in [1.82, 2.24) is 5.43 Å². The van der Waals surface area contributed by atoms with E-state index in [2.05, 4.69) is 24.6 Å². The van der Waals surface area contributed by atoms with Crippen LogP contribution in [0.1, 0.15) is 30.9 Å². The van der Waals surface area contributed by atoms with E-state index in [4.69, 9.17) is 11.6 Å². The summed E-state index contributed by atoms with van der Waals surface area (Å²) in [7, 11) is 1.80. The Bertz CT molecular complexity index is 763. The summed E-state index contributed by atoms with van der Waals surface area (Å²) in [4.78, 5) is 24.5. The zero-order chi connectivity index (χ0) is 19.9. The van der Waals surface area contributed by atoms with Crippen LogP contribution in [0.25, 0.3) is 0 Å². The predicted molar refractivity (Wildman–Crippen MR) is 109 cm³/mol. The molecule has 27 heavy (non-hydrogen) atoms. The number of nitrogens with zero attached hydrogens (tertiary/aromatic N) is 1. The minimum atomic E-state index is -0.316. The Morgan fingerprint density at radius 3 is 2.19 bits per heavy atom. The van der Waals surface area contributed by atoms with Crippen molar-refractivity contribution in [3.8, 4) is 0 Å². The number of halogens is 1. The molecule has 0 heterocycles. The minimum absolute atomic E-state index is 0.0332. The Morgan fingerprint density at radius 1 is 1.00 bits per heavy atom. The lowest BCUT2D eigenvalue weighted by atomic mass is 10.0. The Hall–Kier alpha value is -2.37. The molecule has 2 rings (SSSR count). The number of alkyl halides is 1. The third-order valence-electron chi connectivity index (χ3n) is 4.24. The van der Waals surface area contributed by atoms with Gasteiger partial charge < -0.3 is 5.32 Å². The number of carbonyl (C=O) groups excluding carboxylic acids is 2. The molecule has 0 saturated carbocycles. The normalized spacial score (nSPS) is 13.1. The maximum Gasteiger partial charge on any atom is 0.281 e. The molecule has 2 aromatic rings. The fourth-order valence-electron chi connectivity index (χ4n) is 2.92. The molecule has 144 valence electrons. The van der Waals surface area contributed by atoms with Gasteiger partial charge in [-0.05, 0) is 23.6 Å². The number of rotatable bonds is 8. The Morgan fingerprint density at radius 2 is 1.63 bits per heavy atom. The lowest BCUT2D eigenvalue weighted by Gasteiger charge is -2.32. The van der Waals surface area contributed by atoms with Crippen molar-refractivity contribution < 1.29 is 14.2 Å². The summed E-state index contributed by atoms with van der Waals surface area (Å²) in [5.41, 5.74) is 5.81. The first kappa shape index (κ1) is 20.9. The molecule has 0 aliphatic heterocycles. The van der Waals surface area contributed by atoms with Crippen LogP contribution in [0.2, 0.25) is 0 Å². The molecular formula is C21H27ClN3O2+. The number of nitrogens with one attached hydrogen (secondary N) is 2. The lowest BCUT2D eigenvalue weighted by Crippen LogP contribution is -2.60. The number of quaternary nitrogens is 1. The molecule has 0 fully saturated rings. The number of hydrogen-bond donors (Lipinski definition) is 2. The van der Waals surface area contributed by atoms with Gasteiger partial charge in [-0.2, -0.15) is 0 Å². The summed E-state index contributed by atoms with van der Waals surface area (Å²) in [6, 6.07) is 17.5. The van der Waals surface area contributed by atoms with Crippen molar-refractivity contribution in [3.05, 3.63) is 65.7 Å². The Labute approximate surface area is 165 Å². The van der Waals surface area contributed by atoms with Crippen LogP contribution >= 0.6 is 11.6 Å². The molecule has 0 aliphatic carbocycles. The highest BCUT2D eigenvalue weighted by Crippen LogP contribution is 2.17. The van der Waals surface area contributed by atoms with Crippen LogP contribution in [-0.4, -0.2) is 35.9 Å². The molecule has 6 heteroatoms. The molecule has 2 N–H and O–H groups in total. The van der Waals surface area contributed by atoms with Crippen molar-refractivity contribution in [2.45, 2.75) is 26.3 Å². The highest BCUT2D eigenvalue weighted by atomic mass is 35.5. The average molecular weight is 389 g/mol. The number of likely N-dealkylation sites (N-methyl/N-ethyl adjacent to an activating group) is 1. The van der Waals surface area contributed by atoms with E-state index < -0.39 is 0 Å². The van der Waals surface area contributed by atoms with E-state index in [1.54, 1.807) is 7.05 Å². The van der Waals surface area contributed by atoms with Gasteiger partial charge in [0.05, 0.1) is 7.05 Å². The predicted octanol–water partition coefficient (Wildman–Crippen LogP) is 3.67. The maximum absolute atomic E-state index is 12.6. The molecule has 0 radical (unpaired) electrons. The number of carbonyl (C=O) groups is 2. The molecule has 2 aromatic carbocycles. The van der Waals surface area contributed by atoms with Crippen molar-refractivity contribution in [2.24, 2.45) is 0 Å². The zero-order valence-electron chi connectivity index (χ0n) is 16.0. The number of hydrogen-bond acceptors (Lipinski definition) is 2. The van der Waals surface area contributed by atoms with Crippen LogP contribution in [0, 0.1) is 0 Å². The molecule has 0 aromatic heterocycles. The molecule has 0 aliphatic rings. The first-order valence-electron chi connectivity index (χ1n) is 8.96. The minimum Gasteiger partial charge on any atom is -0.321 e. The molecule has 0 saturated heterocycles. The summed E-state index contributed by atoms with van der Waals surface area (Å²) < 4.78 is 0.0332. The summed E-state index contributed by atoms with van der Waals surface area (Å²) in [5.74, 6) is -0.211. The second-order valence-electron chi connectivity index (χ2n) is 7.19. The summed E-state index contributed by atoms with van der Waals surface area (Å²) >= 11 is 5.65. The quantitative estimate of drug-likeness (QED) is 0.412. The first-order chi connectivity index (χ1) is 12.8. The molecule has 0 spiro atoms. The summed E-state index contributed by atoms with van der Waals surface area (Å²) in [5, 5.41) is 2.90. The monoisotopic (exact) mass is 388 g/mol. The Balaban J connectivity index is 2.08. The van der Waals surface area contributed by atoms with Crippen LogP contribution in [0.3, 0.4) is 0 Å². The van der Waals surface area contributed by atoms with E-state index in [-0.39, 0.29) is 28.8 Å². The van der Waals surface area contributed by atoms with Crippen LogP contribution in [0.15, 0.2) is 54.6 Å². The molecule has 0 bridgehead atoms. The van der Waals surface area contributed by atoms with Gasteiger partial charge >= 0.3 is 0 Å². The van der Waals surface area contributed by atoms with Crippen LogP contribution in [0.4, 0.5) is 5.69 Å². The van der Waals surface area contributed by atoms with Gasteiger partial charge in [0.15, 0.2) is 6.54 Å². The third-order valence-corrected chi connectivity index (χ3v) is 4.49. The maximum atomic E-state index is 12.6. The van der Waals surface area contributed by atoms with E-state index >= 15 is 0 Å². The van der Waals surface area contributed by atoms with Crippen LogP contribution in [0.5, 0.6) is 0 Å². The second kappa shape index (κ2) is 9.53. The fraction of sp³-hybridized carbons (Fsp3) is 0.333. The van der Waals surface area contributed by atoms with Gasteiger partial charge in [0.25, 0.3) is 11.8 Å². The van der Waals surface area contributed by atoms with Gasteiger partial charge in [-0.15, -0.1) is 11.6 Å². The van der Waals surface area contributed by atoms with Gasteiger partial charge in [0, 0.05) is 11.3 Å². The molecule has 1 unspecified atom stereocenters. The topological polar surface area (TPSA) is 58.2 Å². The number of anilines is 1. The van der Waals surface area contributed by atoms with E-state index in [9.17, 15) is 9.59 Å². The third kappa shape index (κ3) is 6.70.